The average molecular weight is 356 g/mol. The summed E-state index contributed by atoms with van der Waals surface area (Å²) in [6, 6.07) is 3.01. The monoisotopic (exact) mass is 356 g/mol. The molecule has 134 valence electrons. The minimum Gasteiger partial charge on any atom is -0.349 e. The molecule has 1 aromatic carbocycles. The molecule has 7 heteroatoms. The molecule has 1 amide bonds. The molecule has 2 rings (SSSR count). The standard InChI is InChI=1S/C17H25FN2O3S/c1-11(2)20-24(22,23)14-8-9-16(18)15(10-14)17(21)19-13-6-4-12(3)5-7-13/h8-13,20H,4-7H2,1-3H3,(H,19,21). The maximum atomic E-state index is 14.0. The van der Waals surface area contributed by atoms with E-state index in [1.54, 1.807) is 13.8 Å². The van der Waals surface area contributed by atoms with Crippen molar-refractivity contribution in [3.8, 4) is 0 Å². The second kappa shape index (κ2) is 7.61. The Bertz CT molecular complexity index is 696. The zero-order valence-electron chi connectivity index (χ0n) is 14.3. The van der Waals surface area contributed by atoms with E-state index in [0.717, 1.165) is 37.8 Å². The van der Waals surface area contributed by atoms with E-state index in [9.17, 15) is 17.6 Å². The van der Waals surface area contributed by atoms with E-state index in [1.807, 2.05) is 0 Å². The molecule has 0 spiro atoms. The summed E-state index contributed by atoms with van der Waals surface area (Å²) < 4.78 is 40.8. The van der Waals surface area contributed by atoms with E-state index >= 15 is 0 Å². The van der Waals surface area contributed by atoms with E-state index in [0.29, 0.717) is 5.92 Å². The molecule has 0 heterocycles. The fraction of sp³-hybridized carbons (Fsp3) is 0.588. The normalized spacial score (nSPS) is 21.7. The molecular formula is C17H25FN2O3S. The molecule has 0 aromatic heterocycles. The van der Waals surface area contributed by atoms with E-state index < -0.39 is 21.7 Å². The van der Waals surface area contributed by atoms with Crippen LogP contribution in [0.2, 0.25) is 0 Å². The Balaban J connectivity index is 2.17. The van der Waals surface area contributed by atoms with Crippen LogP contribution in [-0.2, 0) is 10.0 Å². The Morgan fingerprint density at radius 1 is 1.21 bits per heavy atom. The molecule has 1 saturated carbocycles. The number of benzene rings is 1. The quantitative estimate of drug-likeness (QED) is 0.852. The Morgan fingerprint density at radius 3 is 2.42 bits per heavy atom. The van der Waals surface area contributed by atoms with Crippen LogP contribution < -0.4 is 10.0 Å². The van der Waals surface area contributed by atoms with E-state index in [2.05, 4.69) is 17.0 Å². The maximum absolute atomic E-state index is 14.0. The van der Waals surface area contributed by atoms with Crippen LogP contribution in [0.5, 0.6) is 0 Å². The molecule has 1 aliphatic rings. The number of hydrogen-bond acceptors (Lipinski definition) is 3. The van der Waals surface area contributed by atoms with Gasteiger partial charge in [-0.3, -0.25) is 4.79 Å². The van der Waals surface area contributed by atoms with Crippen LogP contribution in [0.15, 0.2) is 23.1 Å². The summed E-state index contributed by atoms with van der Waals surface area (Å²) in [5, 5.41) is 2.82. The predicted octanol–water partition coefficient (Wildman–Crippen LogP) is 2.82. The van der Waals surface area contributed by atoms with Crippen molar-refractivity contribution >= 4 is 15.9 Å². The van der Waals surface area contributed by atoms with Gasteiger partial charge in [-0.05, 0) is 63.6 Å². The first-order valence-electron chi connectivity index (χ1n) is 8.32. The van der Waals surface area contributed by atoms with Gasteiger partial charge in [0.15, 0.2) is 0 Å². The van der Waals surface area contributed by atoms with Gasteiger partial charge in [-0.1, -0.05) is 6.92 Å². The van der Waals surface area contributed by atoms with E-state index in [4.69, 9.17) is 0 Å². The van der Waals surface area contributed by atoms with Crippen LogP contribution in [0, 0.1) is 11.7 Å². The van der Waals surface area contributed by atoms with Crippen LogP contribution in [-0.4, -0.2) is 26.4 Å². The molecule has 5 nitrogen and oxygen atoms in total. The molecule has 0 aliphatic heterocycles. The smallest absolute Gasteiger partial charge is 0.254 e. The summed E-state index contributed by atoms with van der Waals surface area (Å²) in [5.41, 5.74) is -0.236. The number of rotatable bonds is 5. The van der Waals surface area contributed by atoms with Gasteiger partial charge >= 0.3 is 0 Å². The van der Waals surface area contributed by atoms with Crippen LogP contribution >= 0.6 is 0 Å². The minimum absolute atomic E-state index is 0.0159. The summed E-state index contributed by atoms with van der Waals surface area (Å²) in [6.45, 7) is 5.56. The molecule has 0 radical (unpaired) electrons. The van der Waals surface area contributed by atoms with E-state index in [1.165, 1.54) is 6.07 Å². The number of hydrogen-bond donors (Lipinski definition) is 2. The summed E-state index contributed by atoms with van der Waals surface area (Å²) >= 11 is 0. The highest BCUT2D eigenvalue weighted by molar-refractivity contribution is 7.89. The van der Waals surface area contributed by atoms with Gasteiger partial charge in [0.2, 0.25) is 10.0 Å². The second-order valence-electron chi connectivity index (χ2n) is 6.85. The number of halogens is 1. The minimum atomic E-state index is -3.77. The number of sulfonamides is 1. The lowest BCUT2D eigenvalue weighted by atomic mass is 9.87. The highest BCUT2D eigenvalue weighted by Crippen LogP contribution is 2.24. The van der Waals surface area contributed by atoms with Gasteiger partial charge < -0.3 is 5.32 Å². The van der Waals surface area contributed by atoms with Gasteiger partial charge in [0.1, 0.15) is 5.82 Å². The number of nitrogens with one attached hydrogen (secondary N) is 2. The van der Waals surface area contributed by atoms with Crippen LogP contribution in [0.25, 0.3) is 0 Å². The summed E-state index contributed by atoms with van der Waals surface area (Å²) in [5.74, 6) is -0.640. The molecule has 0 bridgehead atoms. The first kappa shape index (κ1) is 18.9. The lowest BCUT2D eigenvalue weighted by Gasteiger charge is -2.27. The van der Waals surface area contributed by atoms with Gasteiger partial charge in [0, 0.05) is 12.1 Å². The lowest BCUT2D eigenvalue weighted by Crippen LogP contribution is -2.38. The Hall–Kier alpha value is -1.47. The molecule has 0 atom stereocenters. The Labute approximate surface area is 143 Å². The van der Waals surface area contributed by atoms with Crippen molar-refractivity contribution in [2.45, 2.75) is 63.4 Å². The third-order valence-corrected chi connectivity index (χ3v) is 5.89. The Morgan fingerprint density at radius 2 is 1.83 bits per heavy atom. The van der Waals surface area contributed by atoms with Gasteiger partial charge in [0.25, 0.3) is 5.91 Å². The SMILES string of the molecule is CC1CCC(NC(=O)c2cc(S(=O)(=O)NC(C)C)ccc2F)CC1. The molecule has 2 N–H and O–H groups in total. The number of carbonyl (C=O) groups is 1. The number of amides is 1. The third-order valence-electron chi connectivity index (χ3n) is 4.23. The molecule has 1 aliphatic carbocycles. The lowest BCUT2D eigenvalue weighted by molar-refractivity contribution is 0.0918. The summed E-state index contributed by atoms with van der Waals surface area (Å²) in [4.78, 5) is 12.2. The van der Waals surface area contributed by atoms with Crippen molar-refractivity contribution in [1.82, 2.24) is 10.0 Å². The highest BCUT2D eigenvalue weighted by Gasteiger charge is 2.24. The fourth-order valence-corrected chi connectivity index (χ4v) is 4.17. The molecular weight excluding hydrogens is 331 g/mol. The highest BCUT2D eigenvalue weighted by atomic mass is 32.2. The third kappa shape index (κ3) is 4.77. The van der Waals surface area contributed by atoms with Crippen LogP contribution in [0.4, 0.5) is 4.39 Å². The average Bonchev–Trinajstić information content (AvgIpc) is 2.48. The van der Waals surface area contributed by atoms with Crippen molar-refractivity contribution in [2.75, 3.05) is 0 Å². The maximum Gasteiger partial charge on any atom is 0.254 e. The molecule has 0 unspecified atom stereocenters. The van der Waals surface area contributed by atoms with Gasteiger partial charge in [0.05, 0.1) is 10.5 Å². The molecule has 1 aromatic rings. The molecule has 1 fully saturated rings. The summed E-state index contributed by atoms with van der Waals surface area (Å²) in [7, 11) is -3.77. The fourth-order valence-electron chi connectivity index (χ4n) is 2.89. The van der Waals surface area contributed by atoms with Crippen molar-refractivity contribution in [1.29, 1.82) is 0 Å². The van der Waals surface area contributed by atoms with Crippen molar-refractivity contribution < 1.29 is 17.6 Å². The van der Waals surface area contributed by atoms with Crippen molar-refractivity contribution in [3.05, 3.63) is 29.6 Å². The molecule has 24 heavy (non-hydrogen) atoms. The number of carbonyl (C=O) groups excluding carboxylic acids is 1. The van der Waals surface area contributed by atoms with Crippen LogP contribution in [0.1, 0.15) is 56.8 Å². The predicted molar refractivity (Wildman–Crippen MR) is 90.7 cm³/mol. The zero-order valence-corrected chi connectivity index (χ0v) is 15.1. The molecule has 0 saturated heterocycles. The largest absolute Gasteiger partial charge is 0.349 e. The van der Waals surface area contributed by atoms with Crippen molar-refractivity contribution in [3.63, 3.8) is 0 Å². The zero-order chi connectivity index (χ0) is 17.9. The summed E-state index contributed by atoms with van der Waals surface area (Å²) in [6.07, 6.45) is 3.78. The van der Waals surface area contributed by atoms with Gasteiger partial charge in [-0.25, -0.2) is 17.5 Å². The van der Waals surface area contributed by atoms with E-state index in [-0.39, 0.29) is 22.5 Å². The first-order valence-corrected chi connectivity index (χ1v) is 9.80. The van der Waals surface area contributed by atoms with Crippen LogP contribution in [0.3, 0.4) is 0 Å². The van der Waals surface area contributed by atoms with Gasteiger partial charge in [-0.2, -0.15) is 0 Å². The second-order valence-corrected chi connectivity index (χ2v) is 8.56. The van der Waals surface area contributed by atoms with Gasteiger partial charge in [-0.15, -0.1) is 0 Å². The van der Waals surface area contributed by atoms with Crippen molar-refractivity contribution in [2.24, 2.45) is 5.92 Å². The Kier molecular flexibility index (Phi) is 5.98. The first-order chi connectivity index (χ1) is 11.2. The topological polar surface area (TPSA) is 75.3 Å².